The van der Waals surface area contributed by atoms with Gasteiger partial charge in [0.05, 0.1) is 12.3 Å². The standard InChI is InChI=1S/C14H20N2O/c1-2-11(1)6-8-17-14-5-7-15-13(9-14)10-16-12-3-4-12/h5,7,9,11-12,16H,1-4,6,8,10H2. The van der Waals surface area contributed by atoms with Gasteiger partial charge >= 0.3 is 0 Å². The highest BCUT2D eigenvalue weighted by molar-refractivity contribution is 5.22. The summed E-state index contributed by atoms with van der Waals surface area (Å²) in [6.45, 7) is 1.72. The number of pyridine rings is 1. The van der Waals surface area contributed by atoms with Crippen LogP contribution in [0, 0.1) is 5.92 Å². The first-order chi connectivity index (χ1) is 8.40. The first-order valence-electron chi connectivity index (χ1n) is 6.71. The van der Waals surface area contributed by atoms with E-state index in [-0.39, 0.29) is 0 Å². The van der Waals surface area contributed by atoms with E-state index in [4.69, 9.17) is 4.74 Å². The number of nitrogens with one attached hydrogen (secondary N) is 1. The Kier molecular flexibility index (Phi) is 3.27. The predicted octanol–water partition coefficient (Wildman–Crippen LogP) is 2.51. The van der Waals surface area contributed by atoms with Crippen LogP contribution in [0.2, 0.25) is 0 Å². The van der Waals surface area contributed by atoms with Crippen molar-refractivity contribution in [2.24, 2.45) is 5.92 Å². The van der Waals surface area contributed by atoms with Gasteiger partial charge in [0.1, 0.15) is 5.75 Å². The molecule has 0 atom stereocenters. The van der Waals surface area contributed by atoms with Crippen LogP contribution in [-0.2, 0) is 6.54 Å². The Morgan fingerprint density at radius 2 is 2.18 bits per heavy atom. The van der Waals surface area contributed by atoms with Crippen molar-refractivity contribution in [2.75, 3.05) is 6.61 Å². The number of ether oxygens (including phenoxy) is 1. The molecular formula is C14H20N2O. The third-order valence-corrected chi connectivity index (χ3v) is 3.43. The Morgan fingerprint density at radius 3 is 2.94 bits per heavy atom. The van der Waals surface area contributed by atoms with Crippen molar-refractivity contribution in [3.05, 3.63) is 24.0 Å². The second-order valence-electron chi connectivity index (χ2n) is 5.22. The zero-order chi connectivity index (χ0) is 11.5. The zero-order valence-corrected chi connectivity index (χ0v) is 10.2. The van der Waals surface area contributed by atoms with E-state index in [0.717, 1.165) is 36.6 Å². The molecule has 2 aliphatic carbocycles. The molecule has 17 heavy (non-hydrogen) atoms. The molecule has 3 rings (SSSR count). The maximum absolute atomic E-state index is 5.75. The van der Waals surface area contributed by atoms with Crippen molar-refractivity contribution in [1.82, 2.24) is 10.3 Å². The molecule has 0 aliphatic heterocycles. The van der Waals surface area contributed by atoms with Gasteiger partial charge in [-0.1, -0.05) is 12.8 Å². The van der Waals surface area contributed by atoms with Gasteiger partial charge < -0.3 is 10.1 Å². The fourth-order valence-corrected chi connectivity index (χ4v) is 1.93. The third kappa shape index (κ3) is 3.70. The maximum atomic E-state index is 5.75. The third-order valence-electron chi connectivity index (χ3n) is 3.43. The van der Waals surface area contributed by atoms with Crippen LogP contribution in [0.5, 0.6) is 5.75 Å². The highest BCUT2D eigenvalue weighted by Crippen LogP contribution is 2.32. The lowest BCUT2D eigenvalue weighted by molar-refractivity contribution is 0.301. The molecule has 1 aromatic heterocycles. The SMILES string of the molecule is c1cc(OCCC2CC2)cc(CNC2CC2)n1. The van der Waals surface area contributed by atoms with Crippen LogP contribution in [0.15, 0.2) is 18.3 Å². The summed E-state index contributed by atoms with van der Waals surface area (Å²) in [7, 11) is 0. The topological polar surface area (TPSA) is 34.1 Å². The molecule has 0 unspecified atom stereocenters. The monoisotopic (exact) mass is 232 g/mol. The molecule has 3 heteroatoms. The Hall–Kier alpha value is -1.09. The average Bonchev–Trinajstić information content (AvgIpc) is 3.22. The smallest absolute Gasteiger partial charge is 0.122 e. The van der Waals surface area contributed by atoms with E-state index in [0.29, 0.717) is 0 Å². The van der Waals surface area contributed by atoms with E-state index in [1.165, 1.54) is 32.1 Å². The average molecular weight is 232 g/mol. The molecule has 1 N–H and O–H groups in total. The van der Waals surface area contributed by atoms with E-state index in [1.807, 2.05) is 12.3 Å². The van der Waals surface area contributed by atoms with Gasteiger partial charge in [-0.15, -0.1) is 0 Å². The minimum absolute atomic E-state index is 0.733. The van der Waals surface area contributed by atoms with E-state index in [2.05, 4.69) is 16.4 Å². The Morgan fingerprint density at radius 1 is 1.29 bits per heavy atom. The molecule has 0 radical (unpaired) electrons. The normalized spacial score (nSPS) is 19.3. The van der Waals surface area contributed by atoms with E-state index in [9.17, 15) is 0 Å². The summed E-state index contributed by atoms with van der Waals surface area (Å²) in [6.07, 6.45) is 8.48. The first-order valence-corrected chi connectivity index (χ1v) is 6.71. The summed E-state index contributed by atoms with van der Waals surface area (Å²) in [4.78, 5) is 4.35. The lowest BCUT2D eigenvalue weighted by Crippen LogP contribution is -2.16. The molecule has 2 fully saturated rings. The summed E-state index contributed by atoms with van der Waals surface area (Å²) in [5, 5.41) is 3.47. The van der Waals surface area contributed by atoms with Crippen LogP contribution < -0.4 is 10.1 Å². The van der Waals surface area contributed by atoms with Gasteiger partial charge in [0, 0.05) is 24.8 Å². The number of hydrogen-bond donors (Lipinski definition) is 1. The van der Waals surface area contributed by atoms with Gasteiger partial charge in [-0.25, -0.2) is 0 Å². The lowest BCUT2D eigenvalue weighted by atomic mass is 10.3. The van der Waals surface area contributed by atoms with Gasteiger partial charge in [0.2, 0.25) is 0 Å². The number of hydrogen-bond acceptors (Lipinski definition) is 3. The quantitative estimate of drug-likeness (QED) is 0.784. The van der Waals surface area contributed by atoms with Crippen LogP contribution in [0.3, 0.4) is 0 Å². The van der Waals surface area contributed by atoms with Crippen LogP contribution >= 0.6 is 0 Å². The van der Waals surface area contributed by atoms with Gasteiger partial charge in [-0.2, -0.15) is 0 Å². The van der Waals surface area contributed by atoms with Crippen molar-refractivity contribution in [3.8, 4) is 5.75 Å². The maximum Gasteiger partial charge on any atom is 0.122 e. The Bertz CT molecular complexity index is 372. The van der Waals surface area contributed by atoms with E-state index >= 15 is 0 Å². The summed E-state index contributed by atoms with van der Waals surface area (Å²) in [6, 6.07) is 4.74. The summed E-state index contributed by atoms with van der Waals surface area (Å²) < 4.78 is 5.75. The Balaban J connectivity index is 1.46. The van der Waals surface area contributed by atoms with Gasteiger partial charge in [0.25, 0.3) is 0 Å². The summed E-state index contributed by atoms with van der Waals surface area (Å²) in [5.74, 6) is 1.90. The van der Waals surface area contributed by atoms with Gasteiger partial charge in [-0.05, 0) is 31.2 Å². The number of rotatable bonds is 7. The molecule has 0 saturated heterocycles. The molecule has 0 aromatic carbocycles. The molecule has 3 nitrogen and oxygen atoms in total. The van der Waals surface area contributed by atoms with Gasteiger partial charge in [0.15, 0.2) is 0 Å². The van der Waals surface area contributed by atoms with Crippen molar-refractivity contribution in [1.29, 1.82) is 0 Å². The number of nitrogens with zero attached hydrogens (tertiary/aromatic N) is 1. The van der Waals surface area contributed by atoms with Crippen LogP contribution in [0.1, 0.15) is 37.8 Å². The molecule has 0 bridgehead atoms. The fourth-order valence-electron chi connectivity index (χ4n) is 1.93. The summed E-state index contributed by atoms with van der Waals surface area (Å²) >= 11 is 0. The first kappa shape index (κ1) is 11.0. The van der Waals surface area contributed by atoms with Crippen LogP contribution in [0.25, 0.3) is 0 Å². The van der Waals surface area contributed by atoms with Crippen LogP contribution in [0.4, 0.5) is 0 Å². The zero-order valence-electron chi connectivity index (χ0n) is 10.2. The van der Waals surface area contributed by atoms with Crippen molar-refractivity contribution in [3.63, 3.8) is 0 Å². The van der Waals surface area contributed by atoms with Crippen molar-refractivity contribution < 1.29 is 4.74 Å². The molecule has 0 amide bonds. The highest BCUT2D eigenvalue weighted by atomic mass is 16.5. The highest BCUT2D eigenvalue weighted by Gasteiger charge is 2.21. The molecular weight excluding hydrogens is 212 g/mol. The van der Waals surface area contributed by atoms with Crippen LogP contribution in [-0.4, -0.2) is 17.6 Å². The predicted molar refractivity (Wildman–Crippen MR) is 66.9 cm³/mol. The largest absolute Gasteiger partial charge is 0.493 e. The van der Waals surface area contributed by atoms with E-state index < -0.39 is 0 Å². The fraction of sp³-hybridized carbons (Fsp3) is 0.643. The molecule has 1 aromatic rings. The second kappa shape index (κ2) is 5.05. The van der Waals surface area contributed by atoms with Gasteiger partial charge in [-0.3, -0.25) is 4.98 Å². The molecule has 0 spiro atoms. The summed E-state index contributed by atoms with van der Waals surface area (Å²) in [5.41, 5.74) is 1.08. The molecule has 1 heterocycles. The molecule has 2 aliphatic rings. The molecule has 2 saturated carbocycles. The van der Waals surface area contributed by atoms with Crippen molar-refractivity contribution in [2.45, 2.75) is 44.7 Å². The minimum Gasteiger partial charge on any atom is -0.493 e. The molecule has 92 valence electrons. The Labute approximate surface area is 103 Å². The minimum atomic E-state index is 0.733. The van der Waals surface area contributed by atoms with E-state index in [1.54, 1.807) is 0 Å². The van der Waals surface area contributed by atoms with Crippen molar-refractivity contribution >= 4 is 0 Å². The second-order valence-corrected chi connectivity index (χ2v) is 5.22. The lowest BCUT2D eigenvalue weighted by Gasteiger charge is -2.07. The number of aromatic nitrogens is 1.